The first-order chi connectivity index (χ1) is 9.76. The summed E-state index contributed by atoms with van der Waals surface area (Å²) in [7, 11) is 3.09. The molecule has 1 rings (SSSR count). The third kappa shape index (κ3) is 5.63. The van der Waals surface area contributed by atoms with E-state index in [1.807, 2.05) is 0 Å². The van der Waals surface area contributed by atoms with Crippen LogP contribution in [0.2, 0.25) is 0 Å². The molecule has 1 atom stereocenters. The predicted octanol–water partition coefficient (Wildman–Crippen LogP) is 2.20. The predicted molar refractivity (Wildman–Crippen MR) is 83.9 cm³/mol. The van der Waals surface area contributed by atoms with Gasteiger partial charge in [-0.3, -0.25) is 4.79 Å². The molecule has 5 heteroatoms. The Morgan fingerprint density at radius 2 is 1.95 bits per heavy atom. The van der Waals surface area contributed by atoms with Crippen molar-refractivity contribution >= 4 is 5.91 Å². The number of hydrogen-bond donors (Lipinski definition) is 2. The minimum absolute atomic E-state index is 0.0782. The maximum atomic E-state index is 12.3. The molecule has 0 fully saturated rings. The molecule has 1 unspecified atom stereocenters. The SMILES string of the molecule is COc1ccc(OC)c(C(=O)NCC(N)CC(C)(C)C)c1. The summed E-state index contributed by atoms with van der Waals surface area (Å²) in [5.74, 6) is 0.910. The van der Waals surface area contributed by atoms with Crippen LogP contribution < -0.4 is 20.5 Å². The van der Waals surface area contributed by atoms with Gasteiger partial charge in [0, 0.05) is 12.6 Å². The number of methoxy groups -OCH3 is 2. The van der Waals surface area contributed by atoms with E-state index in [0.717, 1.165) is 6.42 Å². The molecule has 0 spiro atoms. The van der Waals surface area contributed by atoms with Gasteiger partial charge in [0.15, 0.2) is 0 Å². The highest BCUT2D eigenvalue weighted by Crippen LogP contribution is 2.24. The van der Waals surface area contributed by atoms with E-state index in [1.54, 1.807) is 25.3 Å². The molecule has 3 N–H and O–H groups in total. The Morgan fingerprint density at radius 1 is 1.29 bits per heavy atom. The number of rotatable bonds is 6. The molecule has 5 nitrogen and oxygen atoms in total. The third-order valence-electron chi connectivity index (χ3n) is 3.05. The van der Waals surface area contributed by atoms with Crippen LogP contribution in [0.5, 0.6) is 11.5 Å². The average Bonchev–Trinajstić information content (AvgIpc) is 2.42. The molecule has 0 radical (unpaired) electrons. The summed E-state index contributed by atoms with van der Waals surface area (Å²) >= 11 is 0. The Kier molecular flexibility index (Phi) is 6.03. The standard InChI is InChI=1S/C16H26N2O3/c1-16(2,3)9-11(17)10-18-15(19)13-8-12(20-4)6-7-14(13)21-5/h6-8,11H,9-10,17H2,1-5H3,(H,18,19). The van der Waals surface area contributed by atoms with Crippen LogP contribution in [-0.2, 0) is 0 Å². The summed E-state index contributed by atoms with van der Waals surface area (Å²) in [5, 5.41) is 2.85. The molecular weight excluding hydrogens is 268 g/mol. The Bertz CT molecular complexity index is 481. The molecule has 1 amide bonds. The van der Waals surface area contributed by atoms with Crippen LogP contribution in [-0.4, -0.2) is 32.7 Å². The highest BCUT2D eigenvalue weighted by atomic mass is 16.5. The lowest BCUT2D eigenvalue weighted by Crippen LogP contribution is -2.39. The second-order valence-electron chi connectivity index (χ2n) is 6.30. The number of nitrogens with two attached hydrogens (primary N) is 1. The molecule has 0 aliphatic heterocycles. The van der Waals surface area contributed by atoms with Crippen LogP contribution >= 0.6 is 0 Å². The molecule has 1 aromatic carbocycles. The summed E-state index contributed by atoms with van der Waals surface area (Å²) < 4.78 is 10.3. The Balaban J connectivity index is 2.71. The minimum Gasteiger partial charge on any atom is -0.497 e. The van der Waals surface area contributed by atoms with E-state index >= 15 is 0 Å². The molecule has 0 saturated heterocycles. The van der Waals surface area contributed by atoms with E-state index in [0.29, 0.717) is 23.6 Å². The van der Waals surface area contributed by atoms with Gasteiger partial charge in [0.2, 0.25) is 0 Å². The van der Waals surface area contributed by atoms with Gasteiger partial charge in [-0.15, -0.1) is 0 Å². The number of ether oxygens (including phenoxy) is 2. The second-order valence-corrected chi connectivity index (χ2v) is 6.30. The van der Waals surface area contributed by atoms with Crippen LogP contribution in [0.3, 0.4) is 0 Å². The van der Waals surface area contributed by atoms with Crippen molar-refractivity contribution in [2.75, 3.05) is 20.8 Å². The molecule has 0 heterocycles. The number of benzene rings is 1. The first-order valence-electron chi connectivity index (χ1n) is 7.02. The number of carbonyl (C=O) groups is 1. The number of nitrogens with one attached hydrogen (secondary N) is 1. The van der Waals surface area contributed by atoms with Gasteiger partial charge in [-0.05, 0) is 30.0 Å². The largest absolute Gasteiger partial charge is 0.497 e. The van der Waals surface area contributed by atoms with Crippen molar-refractivity contribution in [3.05, 3.63) is 23.8 Å². The van der Waals surface area contributed by atoms with Crippen molar-refractivity contribution in [1.29, 1.82) is 0 Å². The lowest BCUT2D eigenvalue weighted by molar-refractivity contribution is 0.0945. The lowest BCUT2D eigenvalue weighted by atomic mass is 9.88. The highest BCUT2D eigenvalue weighted by Gasteiger charge is 2.18. The maximum absolute atomic E-state index is 12.3. The zero-order chi connectivity index (χ0) is 16.0. The molecule has 0 aliphatic rings. The summed E-state index contributed by atoms with van der Waals surface area (Å²) in [6.45, 7) is 6.80. The van der Waals surface area contributed by atoms with Crippen molar-refractivity contribution in [3.63, 3.8) is 0 Å². The fourth-order valence-electron chi connectivity index (χ4n) is 2.17. The van der Waals surface area contributed by atoms with Crippen LogP contribution in [0.15, 0.2) is 18.2 Å². The van der Waals surface area contributed by atoms with Gasteiger partial charge in [-0.2, -0.15) is 0 Å². The van der Waals surface area contributed by atoms with Gasteiger partial charge >= 0.3 is 0 Å². The van der Waals surface area contributed by atoms with Crippen LogP contribution in [0.4, 0.5) is 0 Å². The molecule has 118 valence electrons. The first kappa shape index (κ1) is 17.3. The quantitative estimate of drug-likeness (QED) is 0.843. The van der Waals surface area contributed by atoms with Gasteiger partial charge in [0.05, 0.1) is 19.8 Å². The number of hydrogen-bond acceptors (Lipinski definition) is 4. The van der Waals surface area contributed by atoms with E-state index in [2.05, 4.69) is 26.1 Å². The molecule has 0 bridgehead atoms. The van der Waals surface area contributed by atoms with Crippen LogP contribution in [0.1, 0.15) is 37.6 Å². The smallest absolute Gasteiger partial charge is 0.255 e. The average molecular weight is 294 g/mol. The van der Waals surface area contributed by atoms with E-state index < -0.39 is 0 Å². The Morgan fingerprint density at radius 3 is 2.48 bits per heavy atom. The van der Waals surface area contributed by atoms with Crippen molar-refractivity contribution in [1.82, 2.24) is 5.32 Å². The van der Waals surface area contributed by atoms with E-state index in [4.69, 9.17) is 15.2 Å². The molecule has 0 saturated carbocycles. The van der Waals surface area contributed by atoms with E-state index in [1.165, 1.54) is 7.11 Å². The zero-order valence-electron chi connectivity index (χ0n) is 13.5. The first-order valence-corrected chi connectivity index (χ1v) is 7.02. The van der Waals surface area contributed by atoms with Crippen molar-refractivity contribution in [3.8, 4) is 11.5 Å². The van der Waals surface area contributed by atoms with Crippen LogP contribution in [0.25, 0.3) is 0 Å². The van der Waals surface area contributed by atoms with Crippen LogP contribution in [0, 0.1) is 5.41 Å². The molecular formula is C16H26N2O3. The fraction of sp³-hybridized carbons (Fsp3) is 0.562. The van der Waals surface area contributed by atoms with Gasteiger partial charge < -0.3 is 20.5 Å². The van der Waals surface area contributed by atoms with Crippen molar-refractivity contribution in [2.45, 2.75) is 33.2 Å². The van der Waals surface area contributed by atoms with E-state index in [-0.39, 0.29) is 17.4 Å². The van der Waals surface area contributed by atoms with Crippen molar-refractivity contribution < 1.29 is 14.3 Å². The highest BCUT2D eigenvalue weighted by molar-refractivity contribution is 5.97. The monoisotopic (exact) mass is 294 g/mol. The number of carbonyl (C=O) groups excluding carboxylic acids is 1. The molecule has 0 aromatic heterocycles. The summed E-state index contributed by atoms with van der Waals surface area (Å²) in [6.07, 6.45) is 0.836. The second kappa shape index (κ2) is 7.31. The number of amides is 1. The Hall–Kier alpha value is -1.75. The summed E-state index contributed by atoms with van der Waals surface area (Å²) in [4.78, 5) is 12.3. The van der Waals surface area contributed by atoms with Gasteiger partial charge in [-0.25, -0.2) is 0 Å². The summed E-state index contributed by atoms with van der Waals surface area (Å²) in [5.41, 5.74) is 6.62. The minimum atomic E-state index is -0.213. The van der Waals surface area contributed by atoms with E-state index in [9.17, 15) is 4.79 Å². The zero-order valence-corrected chi connectivity index (χ0v) is 13.5. The fourth-order valence-corrected chi connectivity index (χ4v) is 2.17. The molecule has 21 heavy (non-hydrogen) atoms. The van der Waals surface area contributed by atoms with Gasteiger partial charge in [-0.1, -0.05) is 20.8 Å². The third-order valence-corrected chi connectivity index (χ3v) is 3.05. The van der Waals surface area contributed by atoms with Crippen molar-refractivity contribution in [2.24, 2.45) is 11.1 Å². The molecule has 1 aromatic rings. The summed E-state index contributed by atoms with van der Waals surface area (Å²) in [6, 6.07) is 5.04. The topological polar surface area (TPSA) is 73.6 Å². The maximum Gasteiger partial charge on any atom is 0.255 e. The normalized spacial score (nSPS) is 12.7. The Labute approximate surface area is 126 Å². The molecule has 0 aliphatic carbocycles. The van der Waals surface area contributed by atoms with Gasteiger partial charge in [0.1, 0.15) is 11.5 Å². The lowest BCUT2D eigenvalue weighted by Gasteiger charge is -2.23. The van der Waals surface area contributed by atoms with Gasteiger partial charge in [0.25, 0.3) is 5.91 Å².